The molecule has 13 heavy (non-hydrogen) atoms. The fraction of sp³-hybridized carbons (Fsp3) is 0.143. The lowest BCUT2D eigenvalue weighted by molar-refractivity contribution is 1.19. The number of nitrogens with two attached hydrogens (primary N) is 1. The molecule has 0 aromatic carbocycles. The van der Waals surface area contributed by atoms with E-state index in [4.69, 9.17) is 18.0 Å². The van der Waals surface area contributed by atoms with E-state index < -0.39 is 0 Å². The minimum atomic E-state index is 0. The first-order chi connectivity index (χ1) is 5.74. The molecule has 72 valence electrons. The molecule has 1 aromatic rings. The molecule has 0 aliphatic heterocycles. The molecule has 4 nitrogen and oxygen atoms in total. The summed E-state index contributed by atoms with van der Waals surface area (Å²) in [5.41, 5.74) is 6.98. The fourth-order valence-corrected chi connectivity index (χ4v) is 0.804. The van der Waals surface area contributed by atoms with Crippen molar-refractivity contribution in [2.24, 2.45) is 0 Å². The zero-order chi connectivity index (χ0) is 8.97. The van der Waals surface area contributed by atoms with E-state index in [0.717, 1.165) is 5.69 Å². The maximum atomic E-state index is 5.63. The van der Waals surface area contributed by atoms with Gasteiger partial charge in [-0.25, -0.2) is 0 Å². The van der Waals surface area contributed by atoms with Gasteiger partial charge in [0, 0.05) is 13.2 Å². The molecule has 6 heteroatoms. The van der Waals surface area contributed by atoms with Gasteiger partial charge in [-0.05, 0) is 18.3 Å². The third-order valence-corrected chi connectivity index (χ3v) is 1.64. The number of rotatable bonds is 1. The largest absolute Gasteiger partial charge is 0.397 e. The van der Waals surface area contributed by atoms with Gasteiger partial charge in [0.15, 0.2) is 5.11 Å². The van der Waals surface area contributed by atoms with Crippen LogP contribution in [0, 0.1) is 0 Å². The summed E-state index contributed by atoms with van der Waals surface area (Å²) in [5, 5.41) is 6.19. The quantitative estimate of drug-likeness (QED) is 0.614. The Labute approximate surface area is 88.3 Å². The fourth-order valence-electron chi connectivity index (χ4n) is 0.694. The highest BCUT2D eigenvalue weighted by molar-refractivity contribution is 7.80. The van der Waals surface area contributed by atoms with Crippen molar-refractivity contribution in [3.63, 3.8) is 0 Å². The Bertz CT molecular complexity index is 292. The van der Waals surface area contributed by atoms with Gasteiger partial charge in [-0.1, -0.05) is 0 Å². The minimum absolute atomic E-state index is 0. The normalized spacial score (nSPS) is 8.38. The lowest BCUT2D eigenvalue weighted by Crippen LogP contribution is -2.24. The molecule has 0 aliphatic rings. The summed E-state index contributed by atoms with van der Waals surface area (Å²) in [7, 11) is 1.74. The minimum Gasteiger partial charge on any atom is -0.397 e. The van der Waals surface area contributed by atoms with Crippen LogP contribution in [0.1, 0.15) is 0 Å². The molecule has 0 atom stereocenters. The van der Waals surface area contributed by atoms with E-state index in [0.29, 0.717) is 10.8 Å². The van der Waals surface area contributed by atoms with Crippen molar-refractivity contribution < 1.29 is 0 Å². The van der Waals surface area contributed by atoms with Crippen LogP contribution in [0.2, 0.25) is 0 Å². The van der Waals surface area contributed by atoms with E-state index >= 15 is 0 Å². The van der Waals surface area contributed by atoms with Crippen LogP contribution in [-0.4, -0.2) is 17.1 Å². The van der Waals surface area contributed by atoms with Crippen molar-refractivity contribution in [2.45, 2.75) is 0 Å². The van der Waals surface area contributed by atoms with E-state index in [1.54, 1.807) is 25.5 Å². The van der Waals surface area contributed by atoms with Crippen molar-refractivity contribution >= 4 is 41.1 Å². The van der Waals surface area contributed by atoms with Gasteiger partial charge < -0.3 is 16.4 Å². The van der Waals surface area contributed by atoms with Crippen molar-refractivity contribution in [3.8, 4) is 0 Å². The Morgan fingerprint density at radius 1 is 1.62 bits per heavy atom. The molecule has 1 aromatic heterocycles. The first-order valence-corrected chi connectivity index (χ1v) is 3.83. The molecule has 1 heterocycles. The number of halogens is 1. The number of nitrogens with zero attached hydrogens (tertiary/aromatic N) is 1. The molecule has 4 N–H and O–H groups in total. The summed E-state index contributed by atoms with van der Waals surface area (Å²) in [6.45, 7) is 0. The Balaban J connectivity index is 0.00000144. The second kappa shape index (κ2) is 5.55. The molecule has 0 radical (unpaired) electrons. The molecular formula is C7H11ClN4S. The highest BCUT2D eigenvalue weighted by Crippen LogP contribution is 2.14. The van der Waals surface area contributed by atoms with Crippen LogP contribution >= 0.6 is 24.6 Å². The molecule has 0 fully saturated rings. The van der Waals surface area contributed by atoms with Crippen LogP contribution in [0.25, 0.3) is 0 Å². The summed E-state index contributed by atoms with van der Waals surface area (Å²) >= 11 is 4.89. The van der Waals surface area contributed by atoms with Crippen molar-refractivity contribution in [1.82, 2.24) is 10.3 Å². The number of nitrogens with one attached hydrogen (secondary N) is 2. The molecule has 0 saturated heterocycles. The maximum Gasteiger partial charge on any atom is 0.170 e. The summed E-state index contributed by atoms with van der Waals surface area (Å²) in [4.78, 5) is 3.90. The van der Waals surface area contributed by atoms with Crippen LogP contribution < -0.4 is 16.4 Å². The standard InChI is InChI=1S/C7H10N4S.ClH/c1-9-7(12)11-6-4-10-3-2-5(6)8;/h2-4H,1H3,(H2,8,10)(H2,9,11,12);1H. The van der Waals surface area contributed by atoms with Crippen LogP contribution in [0.15, 0.2) is 18.5 Å². The molecular weight excluding hydrogens is 208 g/mol. The lowest BCUT2D eigenvalue weighted by atomic mass is 10.3. The number of pyridine rings is 1. The second-order valence-electron chi connectivity index (χ2n) is 2.17. The third kappa shape index (κ3) is 3.43. The molecule has 0 amide bonds. The molecule has 0 unspecified atom stereocenters. The van der Waals surface area contributed by atoms with E-state index in [2.05, 4.69) is 15.6 Å². The second-order valence-corrected chi connectivity index (χ2v) is 2.58. The third-order valence-electron chi connectivity index (χ3n) is 1.33. The summed E-state index contributed by atoms with van der Waals surface area (Å²) < 4.78 is 0. The summed E-state index contributed by atoms with van der Waals surface area (Å²) in [5.74, 6) is 0. The first-order valence-electron chi connectivity index (χ1n) is 3.42. The smallest absolute Gasteiger partial charge is 0.170 e. The van der Waals surface area contributed by atoms with Crippen molar-refractivity contribution in [3.05, 3.63) is 18.5 Å². The predicted octanol–water partition coefficient (Wildman–Crippen LogP) is 1.00. The Morgan fingerprint density at radius 2 is 2.31 bits per heavy atom. The summed E-state index contributed by atoms with van der Waals surface area (Å²) in [6, 6.07) is 1.71. The molecule has 1 rings (SSSR count). The van der Waals surface area contributed by atoms with Gasteiger partial charge in [-0.2, -0.15) is 0 Å². The van der Waals surface area contributed by atoms with E-state index in [1.807, 2.05) is 0 Å². The molecule has 0 aliphatic carbocycles. The topological polar surface area (TPSA) is 63.0 Å². The number of hydrogen-bond donors (Lipinski definition) is 3. The van der Waals surface area contributed by atoms with Crippen LogP contribution in [0.4, 0.5) is 11.4 Å². The average molecular weight is 219 g/mol. The molecule has 0 saturated carbocycles. The van der Waals surface area contributed by atoms with Crippen LogP contribution in [-0.2, 0) is 0 Å². The van der Waals surface area contributed by atoms with Gasteiger partial charge in [0.05, 0.1) is 17.6 Å². The van der Waals surface area contributed by atoms with Crippen molar-refractivity contribution in [1.29, 1.82) is 0 Å². The van der Waals surface area contributed by atoms with Gasteiger partial charge in [-0.3, -0.25) is 4.98 Å². The van der Waals surface area contributed by atoms with E-state index in [-0.39, 0.29) is 12.4 Å². The Morgan fingerprint density at radius 3 is 2.85 bits per heavy atom. The summed E-state index contributed by atoms with van der Waals surface area (Å²) in [6.07, 6.45) is 3.25. The Hall–Kier alpha value is -1.07. The highest BCUT2D eigenvalue weighted by Gasteiger charge is 1.98. The van der Waals surface area contributed by atoms with E-state index in [9.17, 15) is 0 Å². The monoisotopic (exact) mass is 218 g/mol. The van der Waals surface area contributed by atoms with Crippen LogP contribution in [0.5, 0.6) is 0 Å². The highest BCUT2D eigenvalue weighted by atomic mass is 35.5. The lowest BCUT2D eigenvalue weighted by Gasteiger charge is -2.07. The number of thiocarbonyl (C=S) groups is 1. The molecule has 0 bridgehead atoms. The zero-order valence-electron chi connectivity index (χ0n) is 7.07. The maximum absolute atomic E-state index is 5.63. The first kappa shape index (κ1) is 11.9. The van der Waals surface area contributed by atoms with Gasteiger partial charge >= 0.3 is 0 Å². The van der Waals surface area contributed by atoms with Gasteiger partial charge in [0.2, 0.25) is 0 Å². The van der Waals surface area contributed by atoms with E-state index in [1.165, 1.54) is 0 Å². The number of nitrogen functional groups attached to an aromatic ring is 1. The number of anilines is 2. The zero-order valence-corrected chi connectivity index (χ0v) is 8.71. The predicted molar refractivity (Wildman–Crippen MR) is 61.2 cm³/mol. The van der Waals surface area contributed by atoms with Gasteiger partial charge in [0.25, 0.3) is 0 Å². The molecule has 0 spiro atoms. The Kier molecular flexibility index (Phi) is 5.10. The van der Waals surface area contributed by atoms with Gasteiger partial charge in [0.1, 0.15) is 0 Å². The van der Waals surface area contributed by atoms with Gasteiger partial charge in [-0.15, -0.1) is 12.4 Å². The average Bonchev–Trinajstić information content (AvgIpc) is 2.09. The number of aromatic nitrogens is 1. The van der Waals surface area contributed by atoms with Crippen LogP contribution in [0.3, 0.4) is 0 Å². The van der Waals surface area contributed by atoms with Crippen molar-refractivity contribution in [2.75, 3.05) is 18.1 Å². The number of hydrogen-bond acceptors (Lipinski definition) is 3. The SMILES string of the molecule is CNC(=S)Nc1cnccc1N.Cl.